The van der Waals surface area contributed by atoms with Crippen LogP contribution in [0.25, 0.3) is 0 Å². The van der Waals surface area contributed by atoms with E-state index in [-0.39, 0.29) is 6.03 Å². The van der Waals surface area contributed by atoms with Gasteiger partial charge in [-0.25, -0.2) is 4.79 Å². The van der Waals surface area contributed by atoms with Crippen LogP contribution in [0.15, 0.2) is 18.2 Å². The Bertz CT molecular complexity index is 302. The molecule has 0 aliphatic carbocycles. The van der Waals surface area contributed by atoms with Gasteiger partial charge < -0.3 is 16.4 Å². The van der Waals surface area contributed by atoms with Crippen molar-refractivity contribution in [1.82, 2.24) is 5.32 Å². The zero-order chi connectivity index (χ0) is 9.84. The molecule has 1 aromatic rings. The van der Waals surface area contributed by atoms with Gasteiger partial charge in [-0.3, -0.25) is 0 Å². The lowest BCUT2D eigenvalue weighted by molar-refractivity contribution is 0.254. The van der Waals surface area contributed by atoms with Crippen molar-refractivity contribution in [3.8, 4) is 0 Å². The van der Waals surface area contributed by atoms with Crippen LogP contribution >= 0.6 is 0 Å². The van der Waals surface area contributed by atoms with E-state index in [1.54, 1.807) is 13.1 Å². The molecule has 70 valence electrons. The number of carbonyl (C=O) groups is 1. The van der Waals surface area contributed by atoms with E-state index in [2.05, 4.69) is 10.6 Å². The number of benzene rings is 1. The minimum Gasteiger partial charge on any atom is -0.397 e. The predicted octanol–water partition coefficient (Wildman–Crippen LogP) is 1.33. The van der Waals surface area contributed by atoms with Gasteiger partial charge in [-0.2, -0.15) is 0 Å². The topological polar surface area (TPSA) is 67.2 Å². The highest BCUT2D eigenvalue weighted by atomic mass is 16.2. The van der Waals surface area contributed by atoms with Gasteiger partial charge in [0.05, 0.1) is 11.4 Å². The lowest BCUT2D eigenvalue weighted by Gasteiger charge is -2.09. The molecule has 2 amide bonds. The Labute approximate surface area is 77.1 Å². The number of nitrogens with one attached hydrogen (secondary N) is 2. The molecule has 0 aliphatic rings. The van der Waals surface area contributed by atoms with Gasteiger partial charge in [-0.15, -0.1) is 0 Å². The maximum Gasteiger partial charge on any atom is 0.319 e. The van der Waals surface area contributed by atoms with Crippen LogP contribution in [0.1, 0.15) is 5.56 Å². The van der Waals surface area contributed by atoms with Crippen LogP contribution < -0.4 is 16.4 Å². The lowest BCUT2D eigenvalue weighted by atomic mass is 10.2. The van der Waals surface area contributed by atoms with Crippen molar-refractivity contribution in [2.45, 2.75) is 6.92 Å². The fourth-order valence-corrected chi connectivity index (χ4v) is 1.04. The lowest BCUT2D eigenvalue weighted by Crippen LogP contribution is -2.25. The van der Waals surface area contributed by atoms with Gasteiger partial charge in [0.15, 0.2) is 0 Å². The molecule has 0 fully saturated rings. The highest BCUT2D eigenvalue weighted by Gasteiger charge is 2.04. The quantitative estimate of drug-likeness (QED) is 0.569. The zero-order valence-electron chi connectivity index (χ0n) is 7.72. The number of carbonyl (C=O) groups excluding carboxylic acids is 1. The number of rotatable bonds is 1. The summed E-state index contributed by atoms with van der Waals surface area (Å²) in [6, 6.07) is 5.22. The minimum atomic E-state index is -0.263. The SMILES string of the molecule is CNC(=O)Nc1c(C)cccc1N. The Morgan fingerprint density at radius 2 is 2.15 bits per heavy atom. The van der Waals surface area contributed by atoms with Crippen molar-refractivity contribution in [3.63, 3.8) is 0 Å². The first kappa shape index (κ1) is 9.38. The van der Waals surface area contributed by atoms with E-state index >= 15 is 0 Å². The number of nitrogens with two attached hydrogens (primary N) is 1. The van der Waals surface area contributed by atoms with E-state index in [1.807, 2.05) is 19.1 Å². The molecule has 4 N–H and O–H groups in total. The number of anilines is 2. The standard InChI is InChI=1S/C9H13N3O/c1-6-4-3-5-7(10)8(6)12-9(13)11-2/h3-5H,10H2,1-2H3,(H2,11,12,13). The zero-order valence-corrected chi connectivity index (χ0v) is 7.72. The van der Waals surface area contributed by atoms with Crippen LogP contribution in [0, 0.1) is 6.92 Å². The number of para-hydroxylation sites is 1. The molecule has 0 unspecified atom stereocenters. The summed E-state index contributed by atoms with van der Waals surface area (Å²) in [5.74, 6) is 0. The molecule has 0 bridgehead atoms. The first-order valence-corrected chi connectivity index (χ1v) is 3.99. The van der Waals surface area contributed by atoms with Gasteiger partial charge in [0.25, 0.3) is 0 Å². The van der Waals surface area contributed by atoms with E-state index in [4.69, 9.17) is 5.73 Å². The summed E-state index contributed by atoms with van der Waals surface area (Å²) in [7, 11) is 1.56. The molecule has 0 aliphatic heterocycles. The number of hydrogen-bond donors (Lipinski definition) is 3. The molecule has 13 heavy (non-hydrogen) atoms. The van der Waals surface area contributed by atoms with E-state index < -0.39 is 0 Å². The van der Waals surface area contributed by atoms with Crippen molar-refractivity contribution in [2.24, 2.45) is 0 Å². The fourth-order valence-electron chi connectivity index (χ4n) is 1.04. The Kier molecular flexibility index (Phi) is 2.74. The average molecular weight is 179 g/mol. The number of hydrogen-bond acceptors (Lipinski definition) is 2. The van der Waals surface area contributed by atoms with Crippen molar-refractivity contribution < 1.29 is 4.79 Å². The van der Waals surface area contributed by atoms with Crippen LogP contribution in [-0.2, 0) is 0 Å². The maximum atomic E-state index is 11.0. The summed E-state index contributed by atoms with van der Waals surface area (Å²) < 4.78 is 0. The van der Waals surface area contributed by atoms with Gasteiger partial charge in [0, 0.05) is 7.05 Å². The normalized spacial score (nSPS) is 9.38. The highest BCUT2D eigenvalue weighted by Crippen LogP contribution is 2.21. The summed E-state index contributed by atoms with van der Waals surface area (Å²) in [6.07, 6.45) is 0. The third-order valence-electron chi connectivity index (χ3n) is 1.77. The Morgan fingerprint density at radius 3 is 2.69 bits per heavy atom. The molecule has 0 saturated heterocycles. The number of aryl methyl sites for hydroxylation is 1. The molecule has 4 nitrogen and oxygen atoms in total. The smallest absolute Gasteiger partial charge is 0.319 e. The third-order valence-corrected chi connectivity index (χ3v) is 1.77. The van der Waals surface area contributed by atoms with E-state index in [9.17, 15) is 4.79 Å². The number of amides is 2. The second-order valence-corrected chi connectivity index (χ2v) is 2.74. The van der Waals surface area contributed by atoms with Crippen LogP contribution in [0.5, 0.6) is 0 Å². The van der Waals surface area contributed by atoms with Gasteiger partial charge in [0.2, 0.25) is 0 Å². The van der Waals surface area contributed by atoms with Crippen molar-refractivity contribution in [1.29, 1.82) is 0 Å². The summed E-state index contributed by atoms with van der Waals surface area (Å²) in [5.41, 5.74) is 7.87. The summed E-state index contributed by atoms with van der Waals surface area (Å²) in [6.45, 7) is 1.89. The Hall–Kier alpha value is -1.71. The van der Waals surface area contributed by atoms with Crippen molar-refractivity contribution in [2.75, 3.05) is 18.1 Å². The molecule has 1 aromatic carbocycles. The Morgan fingerprint density at radius 1 is 1.46 bits per heavy atom. The van der Waals surface area contributed by atoms with Crippen molar-refractivity contribution in [3.05, 3.63) is 23.8 Å². The van der Waals surface area contributed by atoms with Crippen LogP contribution in [0.3, 0.4) is 0 Å². The largest absolute Gasteiger partial charge is 0.397 e. The van der Waals surface area contributed by atoms with Crippen LogP contribution in [0.2, 0.25) is 0 Å². The monoisotopic (exact) mass is 179 g/mol. The van der Waals surface area contributed by atoms with Gasteiger partial charge in [0.1, 0.15) is 0 Å². The molecule has 0 heterocycles. The molecule has 0 saturated carbocycles. The van der Waals surface area contributed by atoms with Crippen molar-refractivity contribution >= 4 is 17.4 Å². The Balaban J connectivity index is 2.93. The highest BCUT2D eigenvalue weighted by molar-refractivity contribution is 5.93. The number of urea groups is 1. The van der Waals surface area contributed by atoms with Crippen LogP contribution in [-0.4, -0.2) is 13.1 Å². The fraction of sp³-hybridized carbons (Fsp3) is 0.222. The minimum absolute atomic E-state index is 0.263. The molecule has 0 spiro atoms. The molecule has 0 atom stereocenters. The van der Waals surface area contributed by atoms with E-state index in [1.165, 1.54) is 0 Å². The summed E-state index contributed by atoms with van der Waals surface area (Å²) in [4.78, 5) is 11.0. The maximum absolute atomic E-state index is 11.0. The van der Waals surface area contributed by atoms with Gasteiger partial charge in [-0.1, -0.05) is 12.1 Å². The second kappa shape index (κ2) is 3.80. The molecule has 0 aromatic heterocycles. The van der Waals surface area contributed by atoms with E-state index in [0.29, 0.717) is 11.4 Å². The third kappa shape index (κ3) is 2.11. The molecular weight excluding hydrogens is 166 g/mol. The first-order chi connectivity index (χ1) is 6.15. The average Bonchev–Trinajstić information content (AvgIpc) is 2.11. The van der Waals surface area contributed by atoms with Gasteiger partial charge >= 0.3 is 6.03 Å². The molecule has 1 rings (SSSR count). The second-order valence-electron chi connectivity index (χ2n) is 2.74. The molecule has 0 radical (unpaired) electrons. The number of nitrogen functional groups attached to an aromatic ring is 1. The predicted molar refractivity (Wildman–Crippen MR) is 53.7 cm³/mol. The first-order valence-electron chi connectivity index (χ1n) is 3.99. The summed E-state index contributed by atoms with van der Waals surface area (Å²) >= 11 is 0. The molecular formula is C9H13N3O. The van der Waals surface area contributed by atoms with Gasteiger partial charge in [-0.05, 0) is 18.6 Å². The van der Waals surface area contributed by atoms with Crippen LogP contribution in [0.4, 0.5) is 16.2 Å². The van der Waals surface area contributed by atoms with E-state index in [0.717, 1.165) is 5.56 Å². The molecule has 4 heteroatoms. The summed E-state index contributed by atoms with van der Waals surface area (Å²) in [5, 5.41) is 5.12.